The lowest BCUT2D eigenvalue weighted by Gasteiger charge is -2.63. The van der Waals surface area contributed by atoms with E-state index < -0.39 is 69.0 Å². The standard InChI is InChI=1S/C28H35ClF2O5S/c1-15-9-18-19-12-21(30)20-11-17(32)7-8-25(20,2)27(19,31)22(33)13-26(18,3)28(15,24(35)37-14-29)36-23(34)10-16-5-4-6-16/h7-8,11,15-16,18-19,21-22,33H,4-6,9-10,12-14H2,1-3H3/t15-,18+,19+,21+,22+,25+,26+,27?,28+/m1/s1. The highest BCUT2D eigenvalue weighted by Gasteiger charge is 2.78. The number of thioether (sulfide) groups is 1. The Bertz CT molecular complexity index is 1080. The van der Waals surface area contributed by atoms with Gasteiger partial charge in [0.25, 0.3) is 0 Å². The minimum Gasteiger partial charge on any atom is -0.449 e. The Morgan fingerprint density at radius 1 is 1.24 bits per heavy atom. The lowest BCUT2D eigenvalue weighted by molar-refractivity contribution is -0.229. The predicted octanol–water partition coefficient (Wildman–Crippen LogP) is 5.48. The molecule has 204 valence electrons. The third kappa shape index (κ3) is 3.60. The number of aliphatic hydroxyl groups excluding tert-OH is 1. The molecule has 5 aliphatic carbocycles. The quantitative estimate of drug-likeness (QED) is 0.357. The van der Waals surface area contributed by atoms with Crippen molar-refractivity contribution in [2.45, 2.75) is 89.3 Å². The van der Waals surface area contributed by atoms with Gasteiger partial charge >= 0.3 is 5.97 Å². The van der Waals surface area contributed by atoms with Crippen LogP contribution in [0.3, 0.4) is 0 Å². The molecule has 5 nitrogen and oxygen atoms in total. The smallest absolute Gasteiger partial charge is 0.307 e. The van der Waals surface area contributed by atoms with E-state index in [9.17, 15) is 19.5 Å². The number of aliphatic hydroxyl groups is 1. The highest BCUT2D eigenvalue weighted by atomic mass is 35.5. The Hall–Kier alpha value is -1.25. The van der Waals surface area contributed by atoms with Gasteiger partial charge in [0, 0.05) is 29.1 Å². The zero-order chi connectivity index (χ0) is 27.0. The van der Waals surface area contributed by atoms with Crippen LogP contribution in [0.25, 0.3) is 0 Å². The second-order valence-electron chi connectivity index (χ2n) is 12.2. The van der Waals surface area contributed by atoms with E-state index in [4.69, 9.17) is 16.3 Å². The maximum atomic E-state index is 17.4. The molecule has 1 N–H and O–H groups in total. The largest absolute Gasteiger partial charge is 0.449 e. The lowest BCUT2D eigenvalue weighted by Crippen LogP contribution is -2.70. The summed E-state index contributed by atoms with van der Waals surface area (Å²) in [6, 6.07) is 0. The molecule has 0 aliphatic heterocycles. The lowest BCUT2D eigenvalue weighted by atomic mass is 9.44. The van der Waals surface area contributed by atoms with Crippen molar-refractivity contribution in [3.63, 3.8) is 0 Å². The number of hydrogen-bond donors (Lipinski definition) is 1. The molecule has 0 heterocycles. The molecule has 0 aromatic carbocycles. The molecule has 37 heavy (non-hydrogen) atoms. The summed E-state index contributed by atoms with van der Waals surface area (Å²) in [5.74, 6) is -2.59. The molecule has 0 saturated heterocycles. The van der Waals surface area contributed by atoms with Crippen molar-refractivity contribution in [2.24, 2.45) is 34.5 Å². The maximum absolute atomic E-state index is 17.4. The van der Waals surface area contributed by atoms with E-state index in [0.717, 1.165) is 37.1 Å². The van der Waals surface area contributed by atoms with E-state index >= 15 is 8.78 Å². The summed E-state index contributed by atoms with van der Waals surface area (Å²) in [5.41, 5.74) is -6.44. The first kappa shape index (κ1) is 27.3. The normalized spacial score (nSPS) is 46.8. The molecule has 9 atom stereocenters. The summed E-state index contributed by atoms with van der Waals surface area (Å²) in [5, 5.41) is 11.1. The fraction of sp³-hybridized carbons (Fsp3) is 0.750. The molecule has 1 unspecified atom stereocenters. The third-order valence-corrected chi connectivity index (χ3v) is 11.6. The highest BCUT2D eigenvalue weighted by Crippen LogP contribution is 2.72. The number of hydrogen-bond acceptors (Lipinski definition) is 6. The number of allylic oxidation sites excluding steroid dienone is 4. The van der Waals surface area contributed by atoms with E-state index in [1.165, 1.54) is 12.2 Å². The van der Waals surface area contributed by atoms with Crippen LogP contribution in [0.5, 0.6) is 0 Å². The molecule has 4 fully saturated rings. The van der Waals surface area contributed by atoms with Crippen LogP contribution in [-0.4, -0.2) is 50.7 Å². The molecule has 0 aromatic heterocycles. The number of ketones is 1. The number of rotatable bonds is 5. The average molecular weight is 557 g/mol. The summed E-state index contributed by atoms with van der Waals surface area (Å²) >= 11 is 6.80. The van der Waals surface area contributed by atoms with Gasteiger partial charge in [-0.3, -0.25) is 14.4 Å². The van der Waals surface area contributed by atoms with Gasteiger partial charge in [-0.15, -0.1) is 11.6 Å². The molecular formula is C28H35ClF2O5S. The van der Waals surface area contributed by atoms with Gasteiger partial charge in [0.15, 0.2) is 17.1 Å². The first-order valence-electron chi connectivity index (χ1n) is 13.3. The molecule has 0 bridgehead atoms. The fourth-order valence-corrected chi connectivity index (χ4v) is 9.62. The van der Waals surface area contributed by atoms with E-state index in [1.54, 1.807) is 13.8 Å². The van der Waals surface area contributed by atoms with Gasteiger partial charge in [0.1, 0.15) is 6.17 Å². The first-order valence-corrected chi connectivity index (χ1v) is 14.8. The van der Waals surface area contributed by atoms with Gasteiger partial charge in [-0.05, 0) is 68.6 Å². The van der Waals surface area contributed by atoms with Gasteiger partial charge in [0.05, 0.1) is 11.3 Å². The molecule has 0 radical (unpaired) electrons. The van der Waals surface area contributed by atoms with Crippen LogP contribution in [0, 0.1) is 34.5 Å². The van der Waals surface area contributed by atoms with Gasteiger partial charge < -0.3 is 9.84 Å². The van der Waals surface area contributed by atoms with Crippen molar-refractivity contribution in [2.75, 3.05) is 5.21 Å². The number of carbonyl (C=O) groups is 3. The van der Waals surface area contributed by atoms with Crippen LogP contribution >= 0.6 is 23.4 Å². The Balaban J connectivity index is 1.58. The van der Waals surface area contributed by atoms with E-state index in [2.05, 4.69) is 0 Å². The number of carbonyl (C=O) groups excluding carboxylic acids is 3. The number of esters is 1. The summed E-state index contributed by atoms with van der Waals surface area (Å²) < 4.78 is 39.3. The van der Waals surface area contributed by atoms with E-state index in [0.29, 0.717) is 6.42 Å². The van der Waals surface area contributed by atoms with Crippen LogP contribution in [0.4, 0.5) is 8.78 Å². The van der Waals surface area contributed by atoms with Crippen LogP contribution in [-0.2, 0) is 19.1 Å². The van der Waals surface area contributed by atoms with Crippen molar-refractivity contribution in [3.8, 4) is 0 Å². The number of fused-ring (bicyclic) bond motifs is 5. The Kier molecular flexibility index (Phi) is 6.76. The van der Waals surface area contributed by atoms with Crippen LogP contribution in [0.1, 0.15) is 65.7 Å². The Morgan fingerprint density at radius 2 is 1.95 bits per heavy atom. The van der Waals surface area contributed by atoms with Crippen LogP contribution in [0.15, 0.2) is 23.8 Å². The zero-order valence-electron chi connectivity index (χ0n) is 21.5. The van der Waals surface area contributed by atoms with Gasteiger partial charge in [-0.2, -0.15) is 0 Å². The second kappa shape index (κ2) is 9.16. The topological polar surface area (TPSA) is 80.7 Å². The molecule has 4 saturated carbocycles. The molecular weight excluding hydrogens is 522 g/mol. The van der Waals surface area contributed by atoms with Crippen LogP contribution < -0.4 is 0 Å². The summed E-state index contributed by atoms with van der Waals surface area (Å²) in [7, 11) is 0. The third-order valence-electron chi connectivity index (χ3n) is 10.6. The molecule has 5 aliphatic rings. The monoisotopic (exact) mass is 556 g/mol. The van der Waals surface area contributed by atoms with Crippen molar-refractivity contribution in [1.82, 2.24) is 0 Å². The summed E-state index contributed by atoms with van der Waals surface area (Å²) in [6.45, 7) is 5.15. The molecule has 9 heteroatoms. The molecule has 5 rings (SSSR count). The minimum atomic E-state index is -2.25. The Morgan fingerprint density at radius 3 is 2.57 bits per heavy atom. The van der Waals surface area contributed by atoms with Crippen molar-refractivity contribution in [3.05, 3.63) is 23.8 Å². The average Bonchev–Trinajstić information content (AvgIpc) is 3.02. The van der Waals surface area contributed by atoms with Gasteiger partial charge in [-0.1, -0.05) is 38.1 Å². The summed E-state index contributed by atoms with van der Waals surface area (Å²) in [6.07, 6.45) is 3.81. The Labute approximate surface area is 225 Å². The van der Waals surface area contributed by atoms with E-state index in [-0.39, 0.29) is 36.0 Å². The summed E-state index contributed by atoms with van der Waals surface area (Å²) in [4.78, 5) is 39.0. The molecule has 0 spiro atoms. The number of alkyl halides is 3. The maximum Gasteiger partial charge on any atom is 0.307 e. The van der Waals surface area contributed by atoms with E-state index in [1.807, 2.05) is 6.92 Å². The fourth-order valence-electron chi connectivity index (χ4n) is 8.53. The van der Waals surface area contributed by atoms with Crippen LogP contribution in [0.2, 0.25) is 0 Å². The van der Waals surface area contributed by atoms with Gasteiger partial charge in [0.2, 0.25) is 5.12 Å². The minimum absolute atomic E-state index is 0.0368. The number of ether oxygens (including phenoxy) is 1. The highest BCUT2D eigenvalue weighted by molar-refractivity contribution is 8.14. The van der Waals surface area contributed by atoms with Crippen molar-refractivity contribution >= 4 is 40.2 Å². The number of halogens is 3. The molecule has 0 aromatic rings. The zero-order valence-corrected chi connectivity index (χ0v) is 23.0. The predicted molar refractivity (Wildman–Crippen MR) is 137 cm³/mol. The first-order chi connectivity index (χ1) is 17.3. The second-order valence-corrected chi connectivity index (χ2v) is 13.8. The SMILES string of the molecule is C[C@@H]1C[C@H]2[C@@H]3C[C@H](F)C4=CC(=O)C=C[C@]4(C)C3(F)[C@@H](O)C[C@]2(C)[C@@]1(OC(=O)CC1CCC1)C(=O)SCCl. The van der Waals surface area contributed by atoms with Gasteiger partial charge in [-0.25, -0.2) is 8.78 Å². The molecule has 0 amide bonds. The van der Waals surface area contributed by atoms with Crippen molar-refractivity contribution < 1.29 is 33.0 Å². The van der Waals surface area contributed by atoms with Crippen molar-refractivity contribution in [1.29, 1.82) is 0 Å².